The van der Waals surface area contributed by atoms with Crippen molar-refractivity contribution in [2.45, 2.75) is 32.2 Å². The van der Waals surface area contributed by atoms with Crippen molar-refractivity contribution < 1.29 is 9.72 Å². The van der Waals surface area contributed by atoms with Crippen molar-refractivity contribution in [3.63, 3.8) is 0 Å². The molecule has 0 atom stereocenters. The Bertz CT molecular complexity index is 513. The van der Waals surface area contributed by atoms with E-state index in [9.17, 15) is 14.9 Å². The molecule has 6 heteroatoms. The van der Waals surface area contributed by atoms with Crippen LogP contribution in [0.4, 0.5) is 5.69 Å². The molecule has 0 aromatic heterocycles. The van der Waals surface area contributed by atoms with E-state index in [1.807, 2.05) is 11.8 Å². The summed E-state index contributed by atoms with van der Waals surface area (Å²) in [5, 5.41) is 14.4. The van der Waals surface area contributed by atoms with Crippen molar-refractivity contribution in [1.82, 2.24) is 10.2 Å². The normalized spacial score (nSPS) is 15.7. The molecule has 1 saturated heterocycles. The van der Waals surface area contributed by atoms with Crippen LogP contribution < -0.4 is 5.32 Å². The number of carbonyl (C=O) groups excluding carboxylic acids is 1. The molecule has 0 radical (unpaired) electrons. The second-order valence-electron chi connectivity index (χ2n) is 5.25. The van der Waals surface area contributed by atoms with Crippen LogP contribution in [0, 0.1) is 10.1 Å². The van der Waals surface area contributed by atoms with Gasteiger partial charge in [0.05, 0.1) is 4.92 Å². The Morgan fingerprint density at radius 3 is 2.67 bits per heavy atom. The van der Waals surface area contributed by atoms with Gasteiger partial charge < -0.3 is 10.2 Å². The molecule has 0 unspecified atom stereocenters. The number of hydrogen-bond acceptors (Lipinski definition) is 4. The maximum Gasteiger partial charge on any atom is 0.282 e. The summed E-state index contributed by atoms with van der Waals surface area (Å²) >= 11 is 0. The molecule has 1 aromatic rings. The lowest BCUT2D eigenvalue weighted by Gasteiger charge is -2.34. The van der Waals surface area contributed by atoms with Gasteiger partial charge >= 0.3 is 0 Å². The number of para-hydroxylation sites is 1. The maximum absolute atomic E-state index is 12.8. The Kier molecular flexibility index (Phi) is 5.27. The monoisotopic (exact) mass is 291 g/mol. The Hall–Kier alpha value is -1.95. The molecule has 1 N–H and O–H groups in total. The van der Waals surface area contributed by atoms with Gasteiger partial charge in [0.15, 0.2) is 0 Å². The molecular formula is C15H21N3O3. The molecule has 1 aromatic carbocycles. The van der Waals surface area contributed by atoms with E-state index in [2.05, 4.69) is 5.32 Å². The highest BCUT2D eigenvalue weighted by Gasteiger charge is 2.29. The van der Waals surface area contributed by atoms with E-state index in [0.29, 0.717) is 6.54 Å². The fraction of sp³-hybridized carbons (Fsp3) is 0.533. The van der Waals surface area contributed by atoms with Gasteiger partial charge in [-0.3, -0.25) is 14.9 Å². The number of nitro groups is 1. The molecule has 0 saturated carbocycles. The first-order chi connectivity index (χ1) is 10.1. The highest BCUT2D eigenvalue weighted by molar-refractivity contribution is 5.98. The van der Waals surface area contributed by atoms with Gasteiger partial charge in [0.25, 0.3) is 11.6 Å². The van der Waals surface area contributed by atoms with Crippen LogP contribution in [0.2, 0.25) is 0 Å². The SMILES string of the molecule is CCCN(C(=O)c1ccccc1[N+](=O)[O-])C1CCNCC1. The highest BCUT2D eigenvalue weighted by atomic mass is 16.6. The zero-order valence-corrected chi connectivity index (χ0v) is 12.2. The quantitative estimate of drug-likeness (QED) is 0.666. The van der Waals surface area contributed by atoms with Crippen LogP contribution in [0.1, 0.15) is 36.5 Å². The lowest BCUT2D eigenvalue weighted by molar-refractivity contribution is -0.385. The Balaban J connectivity index is 2.27. The summed E-state index contributed by atoms with van der Waals surface area (Å²) in [5.41, 5.74) is 0.0759. The first-order valence-corrected chi connectivity index (χ1v) is 7.40. The van der Waals surface area contributed by atoms with E-state index >= 15 is 0 Å². The summed E-state index contributed by atoms with van der Waals surface area (Å²) in [6.45, 7) is 4.42. The second-order valence-corrected chi connectivity index (χ2v) is 5.25. The number of hydrogen-bond donors (Lipinski definition) is 1. The van der Waals surface area contributed by atoms with Crippen LogP contribution >= 0.6 is 0 Å². The third-order valence-electron chi connectivity index (χ3n) is 3.81. The Morgan fingerprint density at radius 1 is 1.38 bits per heavy atom. The van der Waals surface area contributed by atoms with Crippen molar-refractivity contribution in [2.24, 2.45) is 0 Å². The summed E-state index contributed by atoms with van der Waals surface area (Å²) < 4.78 is 0. The van der Waals surface area contributed by atoms with E-state index in [1.54, 1.807) is 18.2 Å². The third kappa shape index (κ3) is 3.58. The highest BCUT2D eigenvalue weighted by Crippen LogP contribution is 2.23. The third-order valence-corrected chi connectivity index (χ3v) is 3.81. The molecule has 1 amide bonds. The molecule has 0 bridgehead atoms. The van der Waals surface area contributed by atoms with Gasteiger partial charge in [0.1, 0.15) is 5.56 Å². The fourth-order valence-electron chi connectivity index (χ4n) is 2.78. The molecule has 0 aliphatic carbocycles. The molecule has 1 heterocycles. The summed E-state index contributed by atoms with van der Waals surface area (Å²) in [6.07, 6.45) is 2.63. The van der Waals surface area contributed by atoms with E-state index in [4.69, 9.17) is 0 Å². The smallest absolute Gasteiger partial charge is 0.282 e. The number of carbonyl (C=O) groups is 1. The number of nitro benzene ring substituents is 1. The number of nitrogens with one attached hydrogen (secondary N) is 1. The molecule has 114 valence electrons. The number of nitrogens with zero attached hydrogens (tertiary/aromatic N) is 2. The van der Waals surface area contributed by atoms with Gasteiger partial charge in [-0.1, -0.05) is 19.1 Å². The van der Waals surface area contributed by atoms with Gasteiger partial charge in [-0.25, -0.2) is 0 Å². The average molecular weight is 291 g/mol. The van der Waals surface area contributed by atoms with Crippen LogP contribution in [0.25, 0.3) is 0 Å². The minimum Gasteiger partial charge on any atom is -0.335 e. The van der Waals surface area contributed by atoms with Gasteiger partial charge in [-0.05, 0) is 38.4 Å². The molecule has 6 nitrogen and oxygen atoms in total. The number of piperidine rings is 1. The van der Waals surface area contributed by atoms with E-state index in [0.717, 1.165) is 32.4 Å². The largest absolute Gasteiger partial charge is 0.335 e. The number of rotatable bonds is 5. The molecule has 21 heavy (non-hydrogen) atoms. The van der Waals surface area contributed by atoms with Gasteiger partial charge in [-0.15, -0.1) is 0 Å². The van der Waals surface area contributed by atoms with Gasteiger partial charge in [-0.2, -0.15) is 0 Å². The number of benzene rings is 1. The first-order valence-electron chi connectivity index (χ1n) is 7.40. The summed E-state index contributed by atoms with van der Waals surface area (Å²) in [6, 6.07) is 6.36. The second kappa shape index (κ2) is 7.17. The zero-order chi connectivity index (χ0) is 15.2. The van der Waals surface area contributed by atoms with Gasteiger partial charge in [0.2, 0.25) is 0 Å². The zero-order valence-electron chi connectivity index (χ0n) is 12.2. The van der Waals surface area contributed by atoms with Gasteiger partial charge in [0, 0.05) is 18.7 Å². The standard InChI is InChI=1S/C15H21N3O3/c1-2-11-17(12-7-9-16-10-8-12)15(19)13-5-3-4-6-14(13)18(20)21/h3-6,12,16H,2,7-11H2,1H3. The molecule has 1 aliphatic rings. The van der Waals surface area contributed by atoms with Crippen LogP contribution in [-0.2, 0) is 0 Å². The van der Waals surface area contributed by atoms with E-state index < -0.39 is 4.92 Å². The lowest BCUT2D eigenvalue weighted by Crippen LogP contribution is -2.46. The lowest BCUT2D eigenvalue weighted by atomic mass is 10.0. The molecular weight excluding hydrogens is 270 g/mol. The van der Waals surface area contributed by atoms with Crippen molar-refractivity contribution in [3.8, 4) is 0 Å². The predicted octanol–water partition coefficient (Wildman–Crippen LogP) is 2.20. The minimum atomic E-state index is -0.486. The van der Waals surface area contributed by atoms with Crippen LogP contribution in [-0.4, -0.2) is 41.4 Å². The average Bonchev–Trinajstić information content (AvgIpc) is 2.52. The molecule has 2 rings (SSSR count). The van der Waals surface area contributed by atoms with E-state index in [1.165, 1.54) is 6.07 Å². The summed E-state index contributed by atoms with van der Waals surface area (Å²) in [5.74, 6) is -0.226. The molecule has 1 aliphatic heterocycles. The maximum atomic E-state index is 12.8. The first kappa shape index (κ1) is 15.4. The molecule has 1 fully saturated rings. The number of amides is 1. The summed E-state index contributed by atoms with van der Waals surface area (Å²) in [4.78, 5) is 25.2. The van der Waals surface area contributed by atoms with Crippen molar-refractivity contribution in [2.75, 3.05) is 19.6 Å². The van der Waals surface area contributed by atoms with Crippen molar-refractivity contribution in [1.29, 1.82) is 0 Å². The Morgan fingerprint density at radius 2 is 2.05 bits per heavy atom. The fourth-order valence-corrected chi connectivity index (χ4v) is 2.78. The molecule has 0 spiro atoms. The Labute approximate surface area is 124 Å². The van der Waals surface area contributed by atoms with Crippen LogP contribution in [0.5, 0.6) is 0 Å². The van der Waals surface area contributed by atoms with Crippen LogP contribution in [0.3, 0.4) is 0 Å². The van der Waals surface area contributed by atoms with Crippen molar-refractivity contribution >= 4 is 11.6 Å². The van der Waals surface area contributed by atoms with Crippen molar-refractivity contribution in [3.05, 3.63) is 39.9 Å². The summed E-state index contributed by atoms with van der Waals surface area (Å²) in [7, 11) is 0. The topological polar surface area (TPSA) is 75.5 Å². The van der Waals surface area contributed by atoms with Crippen LogP contribution in [0.15, 0.2) is 24.3 Å². The predicted molar refractivity (Wildman–Crippen MR) is 80.3 cm³/mol. The minimum absolute atomic E-state index is 0.113. The van der Waals surface area contributed by atoms with E-state index in [-0.39, 0.29) is 23.2 Å².